The number of guanidine groups is 1. The van der Waals surface area contributed by atoms with Crippen molar-refractivity contribution in [3.63, 3.8) is 0 Å². The van der Waals surface area contributed by atoms with Gasteiger partial charge in [0.25, 0.3) is 0 Å². The lowest BCUT2D eigenvalue weighted by atomic mass is 9.80. The lowest BCUT2D eigenvalue weighted by Crippen LogP contribution is -2.45. The van der Waals surface area contributed by atoms with E-state index in [0.717, 1.165) is 31.2 Å². The molecule has 0 radical (unpaired) electrons. The van der Waals surface area contributed by atoms with Crippen LogP contribution in [0.2, 0.25) is 0 Å². The fourth-order valence-corrected chi connectivity index (χ4v) is 5.94. The fourth-order valence-electron chi connectivity index (χ4n) is 3.47. The van der Waals surface area contributed by atoms with Crippen molar-refractivity contribution in [3.05, 3.63) is 17.5 Å². The van der Waals surface area contributed by atoms with E-state index in [1.807, 2.05) is 6.92 Å². The zero-order valence-corrected chi connectivity index (χ0v) is 18.2. The molecule has 1 aromatic heterocycles. The van der Waals surface area contributed by atoms with E-state index in [-0.39, 0.29) is 16.5 Å². The van der Waals surface area contributed by atoms with E-state index in [2.05, 4.69) is 29.5 Å². The lowest BCUT2D eigenvalue weighted by molar-refractivity contribution is 0.205. The van der Waals surface area contributed by atoms with E-state index < -0.39 is 15.9 Å². The van der Waals surface area contributed by atoms with Gasteiger partial charge in [0.1, 0.15) is 4.21 Å². The van der Waals surface area contributed by atoms with Gasteiger partial charge in [-0.25, -0.2) is 8.42 Å². The molecule has 2 rings (SSSR count). The first-order valence-electron chi connectivity index (χ1n) is 9.81. The largest absolute Gasteiger partial charge is 0.390 e. The van der Waals surface area contributed by atoms with Crippen molar-refractivity contribution in [1.82, 2.24) is 10.6 Å². The Balaban J connectivity index is 1.87. The molecule has 0 amide bonds. The molecule has 1 saturated carbocycles. The summed E-state index contributed by atoms with van der Waals surface area (Å²) in [5.41, 5.74) is 0. The van der Waals surface area contributed by atoms with Crippen LogP contribution >= 0.6 is 11.3 Å². The van der Waals surface area contributed by atoms with E-state index in [9.17, 15) is 13.5 Å². The number of thiophene rings is 1. The van der Waals surface area contributed by atoms with Gasteiger partial charge in [-0.05, 0) is 55.9 Å². The topological polar surface area (TPSA) is 90.8 Å². The van der Waals surface area contributed by atoms with E-state index in [1.165, 1.54) is 24.2 Å². The van der Waals surface area contributed by atoms with Crippen LogP contribution in [0.3, 0.4) is 0 Å². The van der Waals surface area contributed by atoms with Crippen LogP contribution in [0, 0.1) is 11.8 Å². The molecule has 1 aliphatic carbocycles. The van der Waals surface area contributed by atoms with Crippen LogP contribution in [0.25, 0.3) is 0 Å². The van der Waals surface area contributed by atoms with Gasteiger partial charge in [0.2, 0.25) is 0 Å². The molecular weight excluding hydrogens is 382 g/mol. The van der Waals surface area contributed by atoms with Crippen LogP contribution in [0.1, 0.15) is 46.5 Å². The molecule has 27 heavy (non-hydrogen) atoms. The highest BCUT2D eigenvalue weighted by Crippen LogP contribution is 2.29. The summed E-state index contributed by atoms with van der Waals surface area (Å²) in [6.45, 7) is 7.34. The van der Waals surface area contributed by atoms with Gasteiger partial charge >= 0.3 is 0 Å². The Labute approximate surface area is 167 Å². The third kappa shape index (κ3) is 7.08. The van der Waals surface area contributed by atoms with Crippen LogP contribution in [-0.2, 0) is 9.84 Å². The summed E-state index contributed by atoms with van der Waals surface area (Å²) in [5.74, 6) is 1.87. The second-order valence-electron chi connectivity index (χ2n) is 7.59. The SMILES string of the molecule is CCNC(=NCC(O)CS(=O)(=O)c1cccs1)NC1CCC(C(C)C)CC1. The number of rotatable bonds is 8. The standard InChI is InChI=1S/C19H33N3O3S2/c1-4-20-19(22-16-9-7-15(8-10-16)14(2)3)21-12-17(23)13-27(24,25)18-6-5-11-26-18/h5-6,11,14-17,23H,4,7-10,12-13H2,1-3H3,(H2,20,21,22). The molecule has 0 aromatic carbocycles. The number of sulfone groups is 1. The number of nitrogens with zero attached hydrogens (tertiary/aromatic N) is 1. The van der Waals surface area contributed by atoms with Crippen molar-refractivity contribution in [2.45, 2.75) is 62.8 Å². The van der Waals surface area contributed by atoms with Crippen LogP contribution in [-0.4, -0.2) is 50.5 Å². The Morgan fingerprint density at radius 3 is 2.59 bits per heavy atom. The van der Waals surface area contributed by atoms with Crippen molar-refractivity contribution < 1.29 is 13.5 Å². The summed E-state index contributed by atoms with van der Waals surface area (Å²) in [5, 5.41) is 18.5. The number of aliphatic hydroxyl groups is 1. The zero-order valence-electron chi connectivity index (χ0n) is 16.5. The van der Waals surface area contributed by atoms with Gasteiger partial charge in [-0.1, -0.05) is 19.9 Å². The number of hydrogen-bond donors (Lipinski definition) is 3. The Hall–Kier alpha value is -1.12. The molecule has 1 unspecified atom stereocenters. The molecule has 3 N–H and O–H groups in total. The van der Waals surface area contributed by atoms with E-state index in [4.69, 9.17) is 0 Å². The summed E-state index contributed by atoms with van der Waals surface area (Å²) in [6.07, 6.45) is 3.64. The maximum atomic E-state index is 12.2. The van der Waals surface area contributed by atoms with Gasteiger partial charge in [-0.2, -0.15) is 0 Å². The predicted molar refractivity (Wildman–Crippen MR) is 112 cm³/mol. The van der Waals surface area contributed by atoms with Gasteiger partial charge in [0.15, 0.2) is 15.8 Å². The van der Waals surface area contributed by atoms with Crippen molar-refractivity contribution in [2.24, 2.45) is 16.8 Å². The number of aliphatic imine (C=N–C) groups is 1. The smallest absolute Gasteiger partial charge is 0.191 e. The van der Waals surface area contributed by atoms with E-state index in [1.54, 1.807) is 17.5 Å². The second-order valence-corrected chi connectivity index (χ2v) is 10.8. The Morgan fingerprint density at radius 1 is 1.33 bits per heavy atom. The summed E-state index contributed by atoms with van der Waals surface area (Å²) >= 11 is 1.17. The minimum absolute atomic E-state index is 0.0568. The first kappa shape index (κ1) is 22.2. The molecule has 1 atom stereocenters. The molecule has 1 aliphatic rings. The molecule has 0 bridgehead atoms. The van der Waals surface area contributed by atoms with E-state index >= 15 is 0 Å². The molecule has 8 heteroatoms. The molecule has 1 heterocycles. The summed E-state index contributed by atoms with van der Waals surface area (Å²) in [6, 6.07) is 3.64. The minimum atomic E-state index is -3.46. The molecular formula is C19H33N3O3S2. The van der Waals surface area contributed by atoms with Gasteiger partial charge in [0, 0.05) is 12.6 Å². The summed E-state index contributed by atoms with van der Waals surface area (Å²) in [7, 11) is -3.46. The third-order valence-electron chi connectivity index (χ3n) is 5.07. The van der Waals surface area contributed by atoms with Gasteiger partial charge < -0.3 is 15.7 Å². The highest BCUT2D eigenvalue weighted by atomic mass is 32.2. The van der Waals surface area contributed by atoms with Gasteiger partial charge in [-0.3, -0.25) is 4.99 Å². The monoisotopic (exact) mass is 415 g/mol. The maximum absolute atomic E-state index is 12.2. The fraction of sp³-hybridized carbons (Fsp3) is 0.737. The van der Waals surface area contributed by atoms with Crippen LogP contribution in [0.15, 0.2) is 26.7 Å². The molecule has 0 saturated heterocycles. The van der Waals surface area contributed by atoms with E-state index in [0.29, 0.717) is 12.0 Å². The first-order valence-corrected chi connectivity index (χ1v) is 12.3. The van der Waals surface area contributed by atoms with Crippen molar-refractivity contribution in [3.8, 4) is 0 Å². The zero-order chi connectivity index (χ0) is 19.9. The Kier molecular flexibility index (Phi) is 8.57. The van der Waals surface area contributed by atoms with Crippen LogP contribution in [0.5, 0.6) is 0 Å². The average Bonchev–Trinajstić information content (AvgIpc) is 3.15. The molecule has 0 aliphatic heterocycles. The highest BCUT2D eigenvalue weighted by molar-refractivity contribution is 7.93. The third-order valence-corrected chi connectivity index (χ3v) is 8.36. The quantitative estimate of drug-likeness (QED) is 0.448. The molecule has 0 spiro atoms. The number of nitrogens with one attached hydrogen (secondary N) is 2. The van der Waals surface area contributed by atoms with Crippen molar-refractivity contribution in [2.75, 3.05) is 18.8 Å². The molecule has 6 nitrogen and oxygen atoms in total. The number of aliphatic hydroxyl groups excluding tert-OH is 1. The lowest BCUT2D eigenvalue weighted by Gasteiger charge is -2.32. The normalized spacial score (nSPS) is 22.6. The predicted octanol–water partition coefficient (Wildman–Crippen LogP) is 2.65. The average molecular weight is 416 g/mol. The molecule has 154 valence electrons. The van der Waals surface area contributed by atoms with Gasteiger partial charge in [-0.15, -0.1) is 11.3 Å². The Bertz CT molecular complexity index is 679. The van der Waals surface area contributed by atoms with Crippen LogP contribution < -0.4 is 10.6 Å². The van der Waals surface area contributed by atoms with Crippen LogP contribution in [0.4, 0.5) is 0 Å². The van der Waals surface area contributed by atoms with Crippen molar-refractivity contribution >= 4 is 27.1 Å². The Morgan fingerprint density at radius 2 is 2.04 bits per heavy atom. The molecule has 1 aromatic rings. The number of hydrogen-bond acceptors (Lipinski definition) is 5. The summed E-state index contributed by atoms with van der Waals surface area (Å²) < 4.78 is 24.8. The van der Waals surface area contributed by atoms with Crippen molar-refractivity contribution in [1.29, 1.82) is 0 Å². The minimum Gasteiger partial charge on any atom is -0.390 e. The second kappa shape index (κ2) is 10.4. The maximum Gasteiger partial charge on any atom is 0.191 e. The first-order chi connectivity index (χ1) is 12.8. The van der Waals surface area contributed by atoms with Gasteiger partial charge in [0.05, 0.1) is 18.4 Å². The summed E-state index contributed by atoms with van der Waals surface area (Å²) in [4.78, 5) is 4.41. The highest BCUT2D eigenvalue weighted by Gasteiger charge is 2.24. The molecule has 1 fully saturated rings.